The van der Waals surface area contributed by atoms with Gasteiger partial charge in [-0.3, -0.25) is 14.5 Å². The third-order valence-corrected chi connectivity index (χ3v) is 5.55. The molecule has 2 fully saturated rings. The lowest BCUT2D eigenvalue weighted by Crippen LogP contribution is -2.48. The first-order valence-corrected chi connectivity index (χ1v) is 9.25. The van der Waals surface area contributed by atoms with Gasteiger partial charge in [0.2, 0.25) is 5.91 Å². The molecule has 1 aromatic heterocycles. The number of rotatable bonds is 5. The van der Waals surface area contributed by atoms with E-state index in [2.05, 4.69) is 20.5 Å². The van der Waals surface area contributed by atoms with Gasteiger partial charge in [-0.25, -0.2) is 4.98 Å². The van der Waals surface area contributed by atoms with Gasteiger partial charge in [0, 0.05) is 44.6 Å². The highest BCUT2D eigenvalue weighted by molar-refractivity contribution is 7.14. The van der Waals surface area contributed by atoms with Gasteiger partial charge in [0.25, 0.3) is 5.91 Å². The van der Waals surface area contributed by atoms with Crippen molar-refractivity contribution in [3.8, 4) is 0 Å². The third-order valence-electron chi connectivity index (χ3n) is 4.79. The Morgan fingerprint density at radius 2 is 2.21 bits per heavy atom. The van der Waals surface area contributed by atoms with E-state index in [4.69, 9.17) is 4.74 Å². The second kappa shape index (κ2) is 7.58. The summed E-state index contributed by atoms with van der Waals surface area (Å²) < 4.78 is 5.45. The third kappa shape index (κ3) is 3.93. The number of likely N-dealkylation sites (tertiary alicyclic amines) is 1. The van der Waals surface area contributed by atoms with Crippen molar-refractivity contribution < 1.29 is 14.3 Å². The van der Waals surface area contributed by atoms with Crippen molar-refractivity contribution in [1.82, 2.24) is 15.2 Å². The summed E-state index contributed by atoms with van der Waals surface area (Å²) in [7, 11) is 1.76. The normalized spacial score (nSPS) is 27.3. The van der Waals surface area contributed by atoms with E-state index in [1.807, 2.05) is 0 Å². The Balaban J connectivity index is 1.59. The molecule has 2 aliphatic rings. The molecule has 1 aliphatic heterocycles. The molecule has 3 atom stereocenters. The lowest BCUT2D eigenvalue weighted by Gasteiger charge is -2.29. The van der Waals surface area contributed by atoms with Crippen LogP contribution in [0.3, 0.4) is 0 Å². The van der Waals surface area contributed by atoms with Gasteiger partial charge in [0.05, 0.1) is 6.10 Å². The van der Waals surface area contributed by atoms with Crippen LogP contribution in [0.1, 0.15) is 43.1 Å². The molecule has 132 valence electrons. The second-order valence-corrected chi connectivity index (χ2v) is 7.30. The van der Waals surface area contributed by atoms with Gasteiger partial charge >= 0.3 is 0 Å². The Hall–Kier alpha value is -1.51. The molecule has 2 amide bonds. The topological polar surface area (TPSA) is 83.6 Å². The van der Waals surface area contributed by atoms with Gasteiger partial charge in [-0.2, -0.15) is 0 Å². The molecule has 3 rings (SSSR count). The van der Waals surface area contributed by atoms with E-state index in [0.717, 1.165) is 38.8 Å². The lowest BCUT2D eigenvalue weighted by molar-refractivity contribution is -0.114. The van der Waals surface area contributed by atoms with E-state index < -0.39 is 0 Å². The van der Waals surface area contributed by atoms with Crippen LogP contribution in [0.4, 0.5) is 5.13 Å². The zero-order valence-electron chi connectivity index (χ0n) is 14.1. The minimum Gasteiger partial charge on any atom is -0.380 e. The van der Waals surface area contributed by atoms with Crippen LogP contribution in [0.15, 0.2) is 5.38 Å². The molecule has 2 N–H and O–H groups in total. The second-order valence-electron chi connectivity index (χ2n) is 6.44. The van der Waals surface area contributed by atoms with E-state index >= 15 is 0 Å². The molecule has 0 spiro atoms. The van der Waals surface area contributed by atoms with E-state index in [9.17, 15) is 9.59 Å². The van der Waals surface area contributed by atoms with Crippen molar-refractivity contribution in [3.05, 3.63) is 11.1 Å². The number of thiazole rings is 1. The number of aromatic nitrogens is 1. The Morgan fingerprint density at radius 1 is 1.38 bits per heavy atom. The predicted octanol–water partition coefficient (Wildman–Crippen LogP) is 1.47. The summed E-state index contributed by atoms with van der Waals surface area (Å²) in [4.78, 5) is 30.1. The smallest absolute Gasteiger partial charge is 0.271 e. The van der Waals surface area contributed by atoms with Crippen LogP contribution in [0, 0.1) is 0 Å². The van der Waals surface area contributed by atoms with Gasteiger partial charge < -0.3 is 15.4 Å². The molecule has 8 heteroatoms. The van der Waals surface area contributed by atoms with E-state index in [-0.39, 0.29) is 17.9 Å². The Morgan fingerprint density at radius 3 is 2.92 bits per heavy atom. The summed E-state index contributed by atoms with van der Waals surface area (Å²) in [5.74, 6) is -0.351. The SMILES string of the molecule is COC1CCN([C@@H]2CCC[C@@H]2NC(=O)c2csc(NC(C)=O)n2)C1. The largest absolute Gasteiger partial charge is 0.380 e. The maximum Gasteiger partial charge on any atom is 0.271 e. The highest BCUT2D eigenvalue weighted by Gasteiger charge is 2.37. The number of ether oxygens (including phenoxy) is 1. The minimum atomic E-state index is -0.186. The number of methoxy groups -OCH3 is 1. The molecule has 24 heavy (non-hydrogen) atoms. The molecule has 2 heterocycles. The van der Waals surface area contributed by atoms with Crippen LogP contribution in [0.2, 0.25) is 0 Å². The van der Waals surface area contributed by atoms with Crippen molar-refractivity contribution in [2.24, 2.45) is 0 Å². The predicted molar refractivity (Wildman–Crippen MR) is 92.3 cm³/mol. The maximum absolute atomic E-state index is 12.5. The van der Waals surface area contributed by atoms with Crippen molar-refractivity contribution >= 4 is 28.3 Å². The van der Waals surface area contributed by atoms with Crippen molar-refractivity contribution in [1.29, 1.82) is 0 Å². The number of hydrogen-bond donors (Lipinski definition) is 2. The molecular weight excluding hydrogens is 328 g/mol. The van der Waals surface area contributed by atoms with Crippen LogP contribution < -0.4 is 10.6 Å². The Labute approximate surface area is 145 Å². The number of carbonyl (C=O) groups is 2. The van der Waals surface area contributed by atoms with Crippen LogP contribution in [0.25, 0.3) is 0 Å². The molecular formula is C16H24N4O3S. The monoisotopic (exact) mass is 352 g/mol. The molecule has 0 aromatic carbocycles. The summed E-state index contributed by atoms with van der Waals surface area (Å²) >= 11 is 1.26. The first kappa shape index (κ1) is 17.3. The molecule has 0 bridgehead atoms. The van der Waals surface area contributed by atoms with Crippen LogP contribution >= 0.6 is 11.3 Å². The van der Waals surface area contributed by atoms with Crippen molar-refractivity contribution in [2.75, 3.05) is 25.5 Å². The van der Waals surface area contributed by atoms with Crippen LogP contribution in [-0.2, 0) is 9.53 Å². The van der Waals surface area contributed by atoms with Gasteiger partial charge in [0.15, 0.2) is 5.13 Å². The number of carbonyl (C=O) groups excluding carboxylic acids is 2. The molecule has 1 aromatic rings. The molecule has 1 aliphatic carbocycles. The van der Waals surface area contributed by atoms with Gasteiger partial charge in [0.1, 0.15) is 5.69 Å². The zero-order chi connectivity index (χ0) is 17.1. The van der Waals surface area contributed by atoms with E-state index in [0.29, 0.717) is 23.0 Å². The summed E-state index contributed by atoms with van der Waals surface area (Å²) in [6, 6.07) is 0.529. The Kier molecular flexibility index (Phi) is 5.47. The van der Waals surface area contributed by atoms with E-state index in [1.165, 1.54) is 18.3 Å². The summed E-state index contributed by atoms with van der Waals surface area (Å²) in [5.41, 5.74) is 0.366. The average molecular weight is 352 g/mol. The van der Waals surface area contributed by atoms with Crippen molar-refractivity contribution in [2.45, 2.75) is 50.8 Å². The fourth-order valence-electron chi connectivity index (χ4n) is 3.62. The fourth-order valence-corrected chi connectivity index (χ4v) is 4.36. The van der Waals surface area contributed by atoms with Crippen molar-refractivity contribution in [3.63, 3.8) is 0 Å². The number of nitrogens with zero attached hydrogens (tertiary/aromatic N) is 2. The number of hydrogen-bond acceptors (Lipinski definition) is 6. The Bertz CT molecular complexity index is 606. The summed E-state index contributed by atoms with van der Waals surface area (Å²) in [5, 5.41) is 7.88. The van der Waals surface area contributed by atoms with Gasteiger partial charge in [-0.1, -0.05) is 0 Å². The summed E-state index contributed by atoms with van der Waals surface area (Å²) in [6.07, 6.45) is 4.58. The number of anilines is 1. The molecule has 7 nitrogen and oxygen atoms in total. The molecule has 1 saturated heterocycles. The first-order chi connectivity index (χ1) is 11.6. The fraction of sp³-hybridized carbons (Fsp3) is 0.688. The number of amides is 2. The quantitative estimate of drug-likeness (QED) is 0.838. The maximum atomic E-state index is 12.5. The lowest BCUT2D eigenvalue weighted by atomic mass is 10.1. The number of nitrogens with one attached hydrogen (secondary N) is 2. The highest BCUT2D eigenvalue weighted by atomic mass is 32.1. The average Bonchev–Trinajstić information content (AvgIpc) is 3.25. The molecule has 0 radical (unpaired) electrons. The standard InChI is InChI=1S/C16H24N4O3S/c1-10(21)17-16-19-13(9-24-16)15(22)18-12-4-3-5-14(12)20-7-6-11(8-20)23-2/h9,11-12,14H,3-8H2,1-2H3,(H,18,22)(H,17,19,21)/t11?,12-,14+/m0/s1. The first-order valence-electron chi connectivity index (χ1n) is 8.37. The summed E-state index contributed by atoms with van der Waals surface area (Å²) in [6.45, 7) is 3.39. The van der Waals surface area contributed by atoms with Gasteiger partial charge in [-0.05, 0) is 25.7 Å². The highest BCUT2D eigenvalue weighted by Crippen LogP contribution is 2.28. The van der Waals surface area contributed by atoms with Crippen LogP contribution in [-0.4, -0.2) is 60.1 Å². The van der Waals surface area contributed by atoms with Crippen LogP contribution in [0.5, 0.6) is 0 Å². The zero-order valence-corrected chi connectivity index (χ0v) is 14.9. The molecule has 1 saturated carbocycles. The minimum absolute atomic E-state index is 0.152. The van der Waals surface area contributed by atoms with E-state index in [1.54, 1.807) is 12.5 Å². The van der Waals surface area contributed by atoms with Gasteiger partial charge in [-0.15, -0.1) is 11.3 Å². The molecule has 1 unspecified atom stereocenters.